The first-order valence-electron chi connectivity index (χ1n) is 7.61. The van der Waals surface area contributed by atoms with Gasteiger partial charge in [0.25, 0.3) is 5.56 Å². The quantitative estimate of drug-likeness (QED) is 0.708. The molecule has 0 aliphatic heterocycles. The van der Waals surface area contributed by atoms with Crippen LogP contribution >= 0.6 is 0 Å². The summed E-state index contributed by atoms with van der Waals surface area (Å²) >= 11 is 0. The normalized spacial score (nSPS) is 10.6. The number of carbonyl (C=O) groups is 1. The van der Waals surface area contributed by atoms with Crippen molar-refractivity contribution in [1.29, 1.82) is 0 Å². The fraction of sp³-hybridized carbons (Fsp3) is 0.353. The minimum Gasteiger partial charge on any atom is -0.465 e. The molecule has 0 amide bonds. The number of aromatic nitrogens is 2. The summed E-state index contributed by atoms with van der Waals surface area (Å²) in [6, 6.07) is 9.42. The van der Waals surface area contributed by atoms with E-state index in [4.69, 9.17) is 9.47 Å². The van der Waals surface area contributed by atoms with Crippen LogP contribution in [0.5, 0.6) is 0 Å². The Hall–Kier alpha value is -2.67. The van der Waals surface area contributed by atoms with Gasteiger partial charge < -0.3 is 9.47 Å². The van der Waals surface area contributed by atoms with Gasteiger partial charge in [-0.1, -0.05) is 30.3 Å². The molecule has 7 heteroatoms. The highest BCUT2D eigenvalue weighted by Crippen LogP contribution is 2.00. The topological polar surface area (TPSA) is 79.5 Å². The van der Waals surface area contributed by atoms with Gasteiger partial charge in [0.15, 0.2) is 0 Å². The maximum Gasteiger partial charge on any atom is 0.333 e. The Labute approximate surface area is 139 Å². The molecule has 0 atom stereocenters. The summed E-state index contributed by atoms with van der Waals surface area (Å²) in [4.78, 5) is 36.1. The SMILES string of the molecule is CCOC(=O)Cn1cc(C)c(=O)n(COCc2ccccc2)c1=O. The second-order valence-corrected chi connectivity index (χ2v) is 5.22. The van der Waals surface area contributed by atoms with Gasteiger partial charge >= 0.3 is 11.7 Å². The summed E-state index contributed by atoms with van der Waals surface area (Å²) in [7, 11) is 0. The second kappa shape index (κ2) is 8.26. The van der Waals surface area contributed by atoms with Crippen LogP contribution in [0.4, 0.5) is 0 Å². The van der Waals surface area contributed by atoms with Crippen molar-refractivity contribution in [3.05, 3.63) is 68.5 Å². The lowest BCUT2D eigenvalue weighted by Crippen LogP contribution is -2.42. The number of rotatable bonds is 7. The van der Waals surface area contributed by atoms with Gasteiger partial charge in [0.05, 0.1) is 13.2 Å². The molecule has 7 nitrogen and oxygen atoms in total. The van der Waals surface area contributed by atoms with E-state index in [0.29, 0.717) is 5.56 Å². The summed E-state index contributed by atoms with van der Waals surface area (Å²) in [5, 5.41) is 0. The van der Waals surface area contributed by atoms with Crippen LogP contribution in [0.15, 0.2) is 46.1 Å². The largest absolute Gasteiger partial charge is 0.465 e. The summed E-state index contributed by atoms with van der Waals surface area (Å²) in [6.45, 7) is 3.34. The maximum absolute atomic E-state index is 12.4. The molecule has 0 aliphatic rings. The number of ether oxygens (including phenoxy) is 2. The highest BCUT2D eigenvalue weighted by molar-refractivity contribution is 5.69. The van der Waals surface area contributed by atoms with Crippen molar-refractivity contribution in [3.8, 4) is 0 Å². The number of benzene rings is 1. The van der Waals surface area contributed by atoms with Crippen LogP contribution in [0.3, 0.4) is 0 Å². The van der Waals surface area contributed by atoms with Gasteiger partial charge in [0.2, 0.25) is 0 Å². The number of carbonyl (C=O) groups excluding carboxylic acids is 1. The molecular formula is C17H20N2O5. The average Bonchev–Trinajstić information content (AvgIpc) is 2.57. The monoisotopic (exact) mass is 332 g/mol. The predicted octanol–water partition coefficient (Wildman–Crippen LogP) is 1.06. The molecule has 0 aliphatic carbocycles. The predicted molar refractivity (Wildman–Crippen MR) is 87.6 cm³/mol. The number of hydrogen-bond donors (Lipinski definition) is 0. The van der Waals surface area contributed by atoms with Crippen molar-refractivity contribution in [2.45, 2.75) is 33.7 Å². The van der Waals surface area contributed by atoms with Crippen molar-refractivity contribution in [1.82, 2.24) is 9.13 Å². The Balaban J connectivity index is 2.16. The molecule has 24 heavy (non-hydrogen) atoms. The molecule has 0 bridgehead atoms. The van der Waals surface area contributed by atoms with Gasteiger partial charge in [-0.15, -0.1) is 0 Å². The molecule has 0 fully saturated rings. The fourth-order valence-electron chi connectivity index (χ4n) is 2.20. The summed E-state index contributed by atoms with van der Waals surface area (Å²) < 4.78 is 12.4. The van der Waals surface area contributed by atoms with Crippen LogP contribution in [0.1, 0.15) is 18.1 Å². The van der Waals surface area contributed by atoms with Crippen molar-refractivity contribution in [2.75, 3.05) is 6.61 Å². The highest BCUT2D eigenvalue weighted by Gasteiger charge is 2.12. The first-order chi connectivity index (χ1) is 11.5. The lowest BCUT2D eigenvalue weighted by molar-refractivity contribution is -0.143. The van der Waals surface area contributed by atoms with Crippen LogP contribution in [0.2, 0.25) is 0 Å². The molecule has 2 aromatic rings. The van der Waals surface area contributed by atoms with E-state index in [-0.39, 0.29) is 26.5 Å². The molecule has 0 saturated heterocycles. The molecule has 2 rings (SSSR count). The number of nitrogens with zero attached hydrogens (tertiary/aromatic N) is 2. The van der Waals surface area contributed by atoms with E-state index < -0.39 is 17.2 Å². The lowest BCUT2D eigenvalue weighted by Gasteiger charge is -2.11. The first-order valence-corrected chi connectivity index (χ1v) is 7.61. The van der Waals surface area contributed by atoms with Crippen molar-refractivity contribution < 1.29 is 14.3 Å². The van der Waals surface area contributed by atoms with Gasteiger partial charge in [-0.3, -0.25) is 14.2 Å². The van der Waals surface area contributed by atoms with Gasteiger partial charge in [-0.2, -0.15) is 0 Å². The Bertz CT molecular complexity index is 808. The summed E-state index contributed by atoms with van der Waals surface area (Å²) in [5.74, 6) is -0.533. The first kappa shape index (κ1) is 17.7. The zero-order valence-corrected chi connectivity index (χ0v) is 13.7. The standard InChI is InChI=1S/C17H20N2O5/c1-3-24-15(20)10-18-9-13(2)16(21)19(17(18)22)12-23-11-14-7-5-4-6-8-14/h4-9H,3,10-12H2,1-2H3. The van der Waals surface area contributed by atoms with Crippen LogP contribution < -0.4 is 11.2 Å². The minimum atomic E-state index is -0.605. The van der Waals surface area contributed by atoms with Crippen LogP contribution in [0.25, 0.3) is 0 Å². The molecule has 0 spiro atoms. The summed E-state index contributed by atoms with van der Waals surface area (Å²) in [5.41, 5.74) is 0.243. The van der Waals surface area contributed by atoms with Crippen LogP contribution in [0, 0.1) is 6.92 Å². The Morgan fingerprint density at radius 3 is 2.54 bits per heavy atom. The average molecular weight is 332 g/mol. The minimum absolute atomic E-state index is 0.183. The van der Waals surface area contributed by atoms with E-state index in [9.17, 15) is 14.4 Å². The van der Waals surface area contributed by atoms with E-state index in [0.717, 1.165) is 14.7 Å². The van der Waals surface area contributed by atoms with E-state index >= 15 is 0 Å². The van der Waals surface area contributed by atoms with E-state index in [1.54, 1.807) is 13.8 Å². The molecule has 0 N–H and O–H groups in total. The van der Waals surface area contributed by atoms with Gasteiger partial charge in [-0.25, -0.2) is 9.36 Å². The summed E-state index contributed by atoms with van der Waals surface area (Å²) in [6.07, 6.45) is 1.36. The van der Waals surface area contributed by atoms with Gasteiger partial charge in [0.1, 0.15) is 13.3 Å². The molecule has 128 valence electrons. The Morgan fingerprint density at radius 2 is 1.88 bits per heavy atom. The third-order valence-electron chi connectivity index (χ3n) is 3.35. The molecule has 0 saturated carbocycles. The number of hydrogen-bond acceptors (Lipinski definition) is 5. The number of aryl methyl sites for hydroxylation is 1. The molecule has 1 aromatic heterocycles. The van der Waals surface area contributed by atoms with Crippen molar-refractivity contribution in [2.24, 2.45) is 0 Å². The third kappa shape index (κ3) is 4.42. The zero-order valence-electron chi connectivity index (χ0n) is 13.7. The second-order valence-electron chi connectivity index (χ2n) is 5.22. The molecule has 1 heterocycles. The van der Waals surface area contributed by atoms with Crippen molar-refractivity contribution in [3.63, 3.8) is 0 Å². The number of esters is 1. The Kier molecular flexibility index (Phi) is 6.08. The molecule has 1 aromatic carbocycles. The molecule has 0 unspecified atom stereocenters. The maximum atomic E-state index is 12.4. The molecular weight excluding hydrogens is 312 g/mol. The molecule has 0 radical (unpaired) electrons. The van der Waals surface area contributed by atoms with Gasteiger partial charge in [-0.05, 0) is 19.4 Å². The van der Waals surface area contributed by atoms with E-state index in [1.165, 1.54) is 6.20 Å². The van der Waals surface area contributed by atoms with E-state index in [2.05, 4.69) is 0 Å². The van der Waals surface area contributed by atoms with Crippen LogP contribution in [-0.4, -0.2) is 21.7 Å². The fourth-order valence-corrected chi connectivity index (χ4v) is 2.20. The highest BCUT2D eigenvalue weighted by atomic mass is 16.5. The zero-order chi connectivity index (χ0) is 17.5. The Morgan fingerprint density at radius 1 is 1.17 bits per heavy atom. The van der Waals surface area contributed by atoms with Crippen molar-refractivity contribution >= 4 is 5.97 Å². The van der Waals surface area contributed by atoms with E-state index in [1.807, 2.05) is 30.3 Å². The third-order valence-corrected chi connectivity index (χ3v) is 3.35. The van der Waals surface area contributed by atoms with Gasteiger partial charge in [0, 0.05) is 11.8 Å². The van der Waals surface area contributed by atoms with Crippen LogP contribution in [-0.2, 0) is 34.2 Å². The smallest absolute Gasteiger partial charge is 0.333 e. The lowest BCUT2D eigenvalue weighted by atomic mass is 10.2.